The third-order valence-electron chi connectivity index (χ3n) is 6.77. The van der Waals surface area contributed by atoms with Crippen LogP contribution in [0.1, 0.15) is 0 Å². The van der Waals surface area contributed by atoms with Gasteiger partial charge in [0, 0.05) is 54.1 Å². The zero-order valence-electron chi connectivity index (χ0n) is 19.9. The summed E-state index contributed by atoms with van der Waals surface area (Å²) >= 11 is 1.50. The van der Waals surface area contributed by atoms with Crippen LogP contribution in [-0.2, 0) is 9.53 Å². The summed E-state index contributed by atoms with van der Waals surface area (Å²) in [7, 11) is 1.63. The fourth-order valence-corrected chi connectivity index (χ4v) is 5.69. The molecule has 2 fully saturated rings. The summed E-state index contributed by atoms with van der Waals surface area (Å²) in [6.07, 6.45) is -0.575. The van der Waals surface area contributed by atoms with Crippen molar-refractivity contribution in [3.8, 4) is 5.88 Å². The van der Waals surface area contributed by atoms with Crippen LogP contribution in [0.2, 0.25) is 0 Å². The van der Waals surface area contributed by atoms with Crippen LogP contribution >= 0.6 is 11.8 Å². The third kappa shape index (κ3) is 4.42. The van der Waals surface area contributed by atoms with E-state index in [4.69, 9.17) is 9.47 Å². The topological polar surface area (TPSA) is 96.0 Å². The van der Waals surface area contributed by atoms with E-state index in [1.165, 1.54) is 11.8 Å². The van der Waals surface area contributed by atoms with E-state index in [1.54, 1.807) is 12.0 Å². The van der Waals surface area contributed by atoms with Crippen LogP contribution in [-0.4, -0.2) is 68.7 Å². The van der Waals surface area contributed by atoms with Gasteiger partial charge in [-0.2, -0.15) is 0 Å². The van der Waals surface area contributed by atoms with Crippen molar-refractivity contribution in [2.75, 3.05) is 60.7 Å². The molecular formula is C26H27N5O4S. The van der Waals surface area contributed by atoms with E-state index >= 15 is 0 Å². The van der Waals surface area contributed by atoms with E-state index in [0.717, 1.165) is 52.5 Å². The Morgan fingerprint density at radius 3 is 2.89 bits per heavy atom. The molecular weight excluding hydrogens is 478 g/mol. The Morgan fingerprint density at radius 2 is 2.03 bits per heavy atom. The zero-order valence-corrected chi connectivity index (χ0v) is 20.7. The van der Waals surface area contributed by atoms with E-state index in [-0.39, 0.29) is 18.1 Å². The van der Waals surface area contributed by atoms with Gasteiger partial charge in [-0.15, -0.1) is 11.8 Å². The zero-order chi connectivity index (χ0) is 24.6. The largest absolute Gasteiger partial charge is 0.481 e. The molecule has 0 saturated carbocycles. The van der Waals surface area contributed by atoms with Gasteiger partial charge in [0.05, 0.1) is 36.3 Å². The number of aromatic nitrogens is 1. The molecule has 2 saturated heterocycles. The number of benzene rings is 2. The Kier molecular flexibility index (Phi) is 6.06. The van der Waals surface area contributed by atoms with Gasteiger partial charge in [0.2, 0.25) is 11.8 Å². The molecule has 6 rings (SSSR count). The van der Waals surface area contributed by atoms with Crippen molar-refractivity contribution in [1.82, 2.24) is 10.3 Å². The van der Waals surface area contributed by atoms with Crippen molar-refractivity contribution in [2.24, 2.45) is 5.92 Å². The summed E-state index contributed by atoms with van der Waals surface area (Å²) < 4.78 is 10.9. The molecule has 3 aliphatic rings. The first-order valence-electron chi connectivity index (χ1n) is 12.0. The Morgan fingerprint density at radius 1 is 1.14 bits per heavy atom. The number of carbonyl (C=O) groups is 2. The van der Waals surface area contributed by atoms with Gasteiger partial charge in [-0.25, -0.2) is 9.78 Å². The number of thioether (sulfide) groups is 1. The molecule has 4 heterocycles. The number of ether oxygens (including phenoxy) is 2. The molecule has 0 unspecified atom stereocenters. The molecule has 2 amide bonds. The molecule has 3 aliphatic heterocycles. The van der Waals surface area contributed by atoms with Gasteiger partial charge < -0.3 is 25.0 Å². The van der Waals surface area contributed by atoms with Gasteiger partial charge in [0.15, 0.2) is 0 Å². The first-order valence-corrected chi connectivity index (χ1v) is 13.0. The van der Waals surface area contributed by atoms with Crippen molar-refractivity contribution < 1.29 is 19.1 Å². The highest BCUT2D eigenvalue weighted by Gasteiger charge is 2.34. The molecule has 0 spiro atoms. The number of hydrogen-bond donors (Lipinski definition) is 2. The first kappa shape index (κ1) is 22.9. The molecule has 2 N–H and O–H groups in total. The van der Waals surface area contributed by atoms with Gasteiger partial charge in [-0.05, 0) is 30.3 Å². The van der Waals surface area contributed by atoms with E-state index in [9.17, 15) is 9.59 Å². The minimum absolute atomic E-state index is 0.0262. The highest BCUT2D eigenvalue weighted by atomic mass is 32.2. The smallest absolute Gasteiger partial charge is 0.414 e. The maximum atomic E-state index is 12.5. The average Bonchev–Trinajstić information content (AvgIpc) is 3.24. The molecule has 10 heteroatoms. The van der Waals surface area contributed by atoms with Gasteiger partial charge in [0.1, 0.15) is 6.10 Å². The quantitative estimate of drug-likeness (QED) is 0.505. The van der Waals surface area contributed by atoms with Crippen LogP contribution in [0.5, 0.6) is 5.88 Å². The molecule has 0 aliphatic carbocycles. The molecule has 186 valence electrons. The Hall–Kier alpha value is -3.50. The fraction of sp³-hybridized carbons (Fsp3) is 0.346. The summed E-state index contributed by atoms with van der Waals surface area (Å²) in [6.45, 7) is 3.82. The lowest BCUT2D eigenvalue weighted by Gasteiger charge is -2.41. The average molecular weight is 506 g/mol. The highest BCUT2D eigenvalue weighted by Crippen LogP contribution is 2.36. The number of nitrogens with zero attached hydrogens (tertiary/aromatic N) is 3. The monoisotopic (exact) mass is 505 g/mol. The number of cyclic esters (lactones) is 1. The number of nitrogens with one attached hydrogen (secondary N) is 2. The molecule has 1 atom stereocenters. The molecule has 2 aromatic carbocycles. The van der Waals surface area contributed by atoms with Gasteiger partial charge in [0.25, 0.3) is 0 Å². The summed E-state index contributed by atoms with van der Waals surface area (Å²) in [6, 6.07) is 15.8. The Bertz CT molecular complexity index is 1330. The molecule has 9 nitrogen and oxygen atoms in total. The number of methoxy groups -OCH3 is 1. The number of hydrogen-bond acceptors (Lipinski definition) is 8. The standard InChI is InChI=1S/C26H27N5O4S/c1-34-24-8-5-17-3-2-4-21(25(17)29-24)30-12-16(13-30)10-27-11-19-14-31(26(33)35-19)18-6-7-22-20(9-18)28-23(32)15-36-22/h2-9,16,19,27H,10-15H2,1H3,(H,28,32)/t19-/m1/s1. The summed E-state index contributed by atoms with van der Waals surface area (Å²) in [4.78, 5) is 33.8. The number of carbonyl (C=O) groups excluding carboxylic acids is 2. The number of pyridine rings is 1. The Balaban J connectivity index is 1.00. The first-order chi connectivity index (χ1) is 17.6. The second kappa shape index (κ2) is 9.51. The second-order valence-electron chi connectivity index (χ2n) is 9.27. The predicted octanol–water partition coefficient (Wildman–Crippen LogP) is 3.34. The van der Waals surface area contributed by atoms with Crippen LogP contribution in [0.25, 0.3) is 10.9 Å². The van der Waals surface area contributed by atoms with Crippen molar-refractivity contribution in [1.29, 1.82) is 0 Å². The minimum atomic E-state index is -0.356. The normalized spacial score (nSPS) is 19.6. The maximum absolute atomic E-state index is 12.5. The number of rotatable bonds is 7. The fourth-order valence-electron chi connectivity index (χ4n) is 4.90. The molecule has 0 bridgehead atoms. The lowest BCUT2D eigenvalue weighted by atomic mass is 9.98. The number of amides is 2. The number of anilines is 3. The van der Waals surface area contributed by atoms with Crippen molar-refractivity contribution in [3.05, 3.63) is 48.5 Å². The predicted molar refractivity (Wildman–Crippen MR) is 140 cm³/mol. The minimum Gasteiger partial charge on any atom is -0.481 e. The molecule has 36 heavy (non-hydrogen) atoms. The lowest BCUT2D eigenvalue weighted by molar-refractivity contribution is -0.113. The summed E-state index contributed by atoms with van der Waals surface area (Å²) in [5.74, 6) is 1.52. The second-order valence-corrected chi connectivity index (χ2v) is 10.3. The third-order valence-corrected chi connectivity index (χ3v) is 7.84. The van der Waals surface area contributed by atoms with Crippen molar-refractivity contribution in [3.63, 3.8) is 0 Å². The van der Waals surface area contributed by atoms with E-state index < -0.39 is 0 Å². The van der Waals surface area contributed by atoms with Crippen LogP contribution in [0, 0.1) is 5.92 Å². The highest BCUT2D eigenvalue weighted by molar-refractivity contribution is 8.00. The molecule has 3 aromatic rings. The van der Waals surface area contributed by atoms with E-state index in [1.807, 2.05) is 30.3 Å². The maximum Gasteiger partial charge on any atom is 0.414 e. The van der Waals surface area contributed by atoms with E-state index in [2.05, 4.69) is 38.7 Å². The lowest BCUT2D eigenvalue weighted by Crippen LogP contribution is -2.51. The van der Waals surface area contributed by atoms with Gasteiger partial charge in [-0.1, -0.05) is 12.1 Å². The molecule has 1 aromatic heterocycles. The van der Waals surface area contributed by atoms with Crippen LogP contribution in [0.3, 0.4) is 0 Å². The van der Waals surface area contributed by atoms with Gasteiger partial charge >= 0.3 is 6.09 Å². The van der Waals surface area contributed by atoms with Gasteiger partial charge in [-0.3, -0.25) is 9.69 Å². The van der Waals surface area contributed by atoms with Crippen molar-refractivity contribution in [2.45, 2.75) is 11.0 Å². The molecule has 0 radical (unpaired) electrons. The van der Waals surface area contributed by atoms with Crippen LogP contribution in [0.15, 0.2) is 53.4 Å². The summed E-state index contributed by atoms with van der Waals surface area (Å²) in [5.41, 5.74) is 3.57. The van der Waals surface area contributed by atoms with Crippen LogP contribution < -0.4 is 25.2 Å². The van der Waals surface area contributed by atoms with E-state index in [0.29, 0.717) is 30.6 Å². The SMILES string of the molecule is COc1ccc2cccc(N3CC(CNC[C@@H]4CN(c5ccc6c(c5)NC(=O)CS6)C(=O)O4)C3)c2n1. The van der Waals surface area contributed by atoms with Crippen molar-refractivity contribution >= 4 is 51.7 Å². The Labute approximate surface area is 213 Å². The number of fused-ring (bicyclic) bond motifs is 2. The number of para-hydroxylation sites is 1. The van der Waals surface area contributed by atoms with Crippen LogP contribution in [0.4, 0.5) is 21.9 Å². The summed E-state index contributed by atoms with van der Waals surface area (Å²) in [5, 5.41) is 7.45.